The highest BCUT2D eigenvalue weighted by Gasteiger charge is 2.06. The summed E-state index contributed by atoms with van der Waals surface area (Å²) in [4.78, 5) is 4.26. The summed E-state index contributed by atoms with van der Waals surface area (Å²) in [6, 6.07) is 6.97. The number of nitrogens with zero attached hydrogens (tertiary/aromatic N) is 1. The van der Waals surface area contributed by atoms with Crippen molar-refractivity contribution in [3.05, 3.63) is 24.3 Å². The number of nitrogens with one attached hydrogen (secondary N) is 1. The Morgan fingerprint density at radius 2 is 2.00 bits per heavy atom. The van der Waals surface area contributed by atoms with Crippen LogP contribution in [0.25, 0.3) is 0 Å². The van der Waals surface area contributed by atoms with Gasteiger partial charge in [0.25, 0.3) is 0 Å². The predicted octanol–water partition coefficient (Wildman–Crippen LogP) is 2.33. The molecule has 0 amide bonds. The van der Waals surface area contributed by atoms with Gasteiger partial charge in [-0.3, -0.25) is 4.99 Å². The van der Waals surface area contributed by atoms with Crippen LogP contribution in [0.4, 0.5) is 5.69 Å². The summed E-state index contributed by atoms with van der Waals surface area (Å²) < 4.78 is 0. The molecular formula is C9H11ClN2OS. The van der Waals surface area contributed by atoms with Gasteiger partial charge in [-0.15, -0.1) is 12.4 Å². The number of phenolic OH excluding ortho intramolecular Hbond substituents is 1. The van der Waals surface area contributed by atoms with Crippen LogP contribution in [0.5, 0.6) is 5.75 Å². The molecule has 1 aliphatic heterocycles. The third kappa shape index (κ3) is 2.82. The van der Waals surface area contributed by atoms with Crippen molar-refractivity contribution in [2.45, 2.75) is 0 Å². The zero-order valence-corrected chi connectivity index (χ0v) is 9.07. The summed E-state index contributed by atoms with van der Waals surface area (Å²) in [5, 5.41) is 13.2. The molecule has 14 heavy (non-hydrogen) atoms. The lowest BCUT2D eigenvalue weighted by Crippen LogP contribution is -2.04. The van der Waals surface area contributed by atoms with Gasteiger partial charge >= 0.3 is 0 Å². The maximum atomic E-state index is 9.05. The molecule has 5 heteroatoms. The van der Waals surface area contributed by atoms with Crippen molar-refractivity contribution in [1.29, 1.82) is 0 Å². The predicted molar refractivity (Wildman–Crippen MR) is 63.7 cm³/mol. The van der Waals surface area contributed by atoms with Crippen LogP contribution >= 0.6 is 24.2 Å². The third-order valence-electron chi connectivity index (χ3n) is 1.70. The normalized spacial score (nSPS) is 14.4. The van der Waals surface area contributed by atoms with Crippen molar-refractivity contribution in [2.75, 3.05) is 17.6 Å². The van der Waals surface area contributed by atoms with Gasteiger partial charge in [-0.1, -0.05) is 11.8 Å². The average molecular weight is 231 g/mol. The Kier molecular flexibility index (Phi) is 4.10. The first-order valence-corrected chi connectivity index (χ1v) is 5.06. The van der Waals surface area contributed by atoms with Gasteiger partial charge in [0.05, 0.1) is 6.54 Å². The highest BCUT2D eigenvalue weighted by Crippen LogP contribution is 2.18. The van der Waals surface area contributed by atoms with E-state index in [1.807, 2.05) is 12.1 Å². The zero-order valence-electron chi connectivity index (χ0n) is 7.43. The zero-order chi connectivity index (χ0) is 9.10. The number of thioether (sulfide) groups is 1. The summed E-state index contributed by atoms with van der Waals surface area (Å²) in [6.45, 7) is 0.894. The topological polar surface area (TPSA) is 44.6 Å². The second-order valence-corrected chi connectivity index (χ2v) is 3.79. The number of hydrogen-bond acceptors (Lipinski definition) is 4. The van der Waals surface area contributed by atoms with Crippen molar-refractivity contribution in [2.24, 2.45) is 4.99 Å². The van der Waals surface area contributed by atoms with Crippen LogP contribution in [-0.2, 0) is 0 Å². The van der Waals surface area contributed by atoms with Crippen LogP contribution in [0, 0.1) is 0 Å². The van der Waals surface area contributed by atoms with Crippen LogP contribution in [0.15, 0.2) is 29.3 Å². The molecular weight excluding hydrogens is 220 g/mol. The number of amidine groups is 1. The van der Waals surface area contributed by atoms with Crippen LogP contribution in [0.3, 0.4) is 0 Å². The summed E-state index contributed by atoms with van der Waals surface area (Å²) in [6.07, 6.45) is 0. The lowest BCUT2D eigenvalue weighted by Gasteiger charge is -2.03. The van der Waals surface area contributed by atoms with E-state index in [2.05, 4.69) is 10.3 Å². The van der Waals surface area contributed by atoms with E-state index in [0.717, 1.165) is 23.2 Å². The number of hydrogen-bond donors (Lipinski definition) is 2. The van der Waals surface area contributed by atoms with E-state index in [4.69, 9.17) is 5.11 Å². The minimum atomic E-state index is 0. The molecule has 1 aliphatic rings. The molecule has 1 heterocycles. The molecule has 3 nitrogen and oxygen atoms in total. The van der Waals surface area contributed by atoms with E-state index in [-0.39, 0.29) is 18.2 Å². The molecule has 0 fully saturated rings. The Morgan fingerprint density at radius 3 is 2.57 bits per heavy atom. The SMILES string of the molecule is Cl.Oc1ccc(NC2=NCCS2)cc1. The summed E-state index contributed by atoms with van der Waals surface area (Å²) in [5.74, 6) is 1.34. The smallest absolute Gasteiger partial charge is 0.161 e. The highest BCUT2D eigenvalue weighted by atomic mass is 35.5. The number of rotatable bonds is 1. The molecule has 1 aromatic rings. The van der Waals surface area contributed by atoms with E-state index in [1.54, 1.807) is 23.9 Å². The third-order valence-corrected chi connectivity index (χ3v) is 2.60. The monoisotopic (exact) mass is 230 g/mol. The van der Waals surface area contributed by atoms with Gasteiger partial charge in [-0.25, -0.2) is 0 Å². The van der Waals surface area contributed by atoms with Gasteiger partial charge in [0.1, 0.15) is 5.75 Å². The fourth-order valence-electron chi connectivity index (χ4n) is 1.08. The summed E-state index contributed by atoms with van der Waals surface area (Å²) >= 11 is 1.72. The van der Waals surface area contributed by atoms with Gasteiger partial charge in [-0.2, -0.15) is 0 Å². The minimum absolute atomic E-state index is 0. The van der Waals surface area contributed by atoms with E-state index < -0.39 is 0 Å². The van der Waals surface area contributed by atoms with Gasteiger partial charge in [-0.05, 0) is 24.3 Å². The lowest BCUT2D eigenvalue weighted by atomic mass is 10.3. The molecule has 0 saturated heterocycles. The molecule has 0 saturated carbocycles. The Morgan fingerprint density at radius 1 is 1.29 bits per heavy atom. The first-order chi connectivity index (χ1) is 6.34. The number of anilines is 1. The molecule has 0 radical (unpaired) electrons. The van der Waals surface area contributed by atoms with Gasteiger partial charge in [0, 0.05) is 11.4 Å². The molecule has 0 unspecified atom stereocenters. The minimum Gasteiger partial charge on any atom is -0.508 e. The lowest BCUT2D eigenvalue weighted by molar-refractivity contribution is 0.475. The summed E-state index contributed by atoms with van der Waals surface area (Å²) in [7, 11) is 0. The van der Waals surface area contributed by atoms with Gasteiger partial charge in [0.15, 0.2) is 5.17 Å². The van der Waals surface area contributed by atoms with Crippen LogP contribution < -0.4 is 5.32 Å². The summed E-state index contributed by atoms with van der Waals surface area (Å²) in [5.41, 5.74) is 0.964. The number of benzene rings is 1. The van der Waals surface area contributed by atoms with Gasteiger partial charge < -0.3 is 10.4 Å². The Hall–Kier alpha value is -0.870. The Balaban J connectivity index is 0.000000980. The van der Waals surface area contributed by atoms with E-state index >= 15 is 0 Å². The average Bonchev–Trinajstić information content (AvgIpc) is 2.62. The van der Waals surface area contributed by atoms with Crippen LogP contribution in [0.2, 0.25) is 0 Å². The molecule has 0 atom stereocenters. The number of aliphatic imine (C=N–C) groups is 1. The van der Waals surface area contributed by atoms with Crippen LogP contribution in [0.1, 0.15) is 0 Å². The molecule has 0 spiro atoms. The fraction of sp³-hybridized carbons (Fsp3) is 0.222. The second-order valence-electron chi connectivity index (χ2n) is 2.71. The molecule has 0 aromatic heterocycles. The van der Waals surface area contributed by atoms with E-state index in [9.17, 15) is 0 Å². The molecule has 0 bridgehead atoms. The fourth-order valence-corrected chi connectivity index (χ4v) is 1.83. The van der Waals surface area contributed by atoms with Crippen molar-refractivity contribution >= 4 is 35.0 Å². The first-order valence-electron chi connectivity index (χ1n) is 4.08. The molecule has 2 rings (SSSR count). The largest absolute Gasteiger partial charge is 0.508 e. The molecule has 2 N–H and O–H groups in total. The number of phenols is 1. The Bertz CT molecular complexity index is 326. The molecule has 0 aliphatic carbocycles. The second kappa shape index (κ2) is 5.12. The van der Waals surface area contributed by atoms with Crippen molar-refractivity contribution in [1.82, 2.24) is 0 Å². The Labute approximate surface area is 93.0 Å². The van der Waals surface area contributed by atoms with Crippen molar-refractivity contribution in [3.63, 3.8) is 0 Å². The number of aromatic hydroxyl groups is 1. The van der Waals surface area contributed by atoms with E-state index in [0.29, 0.717) is 0 Å². The maximum absolute atomic E-state index is 9.05. The van der Waals surface area contributed by atoms with Crippen molar-refractivity contribution < 1.29 is 5.11 Å². The quantitative estimate of drug-likeness (QED) is 0.728. The van der Waals surface area contributed by atoms with Gasteiger partial charge in [0.2, 0.25) is 0 Å². The first kappa shape index (κ1) is 11.2. The number of halogens is 1. The van der Waals surface area contributed by atoms with Crippen molar-refractivity contribution in [3.8, 4) is 5.75 Å². The maximum Gasteiger partial charge on any atom is 0.161 e. The highest BCUT2D eigenvalue weighted by molar-refractivity contribution is 8.14. The standard InChI is InChI=1S/C9H10N2OS.ClH/c12-8-3-1-7(2-4-8)11-9-10-5-6-13-9;/h1-4,12H,5-6H2,(H,10,11);1H. The molecule has 1 aromatic carbocycles. The molecule has 76 valence electrons. The van der Waals surface area contributed by atoms with E-state index in [1.165, 1.54) is 0 Å². The van der Waals surface area contributed by atoms with Crippen LogP contribution in [-0.4, -0.2) is 22.6 Å².